The topological polar surface area (TPSA) is 47.3 Å². The highest BCUT2D eigenvalue weighted by atomic mass is 16.5. The van der Waals surface area contributed by atoms with Gasteiger partial charge in [-0.15, -0.1) is 5.10 Å². The Bertz CT molecular complexity index is 416. The van der Waals surface area contributed by atoms with Crippen LogP contribution < -0.4 is 4.65 Å². The molecular weight excluding hydrogens is 191 g/mol. The van der Waals surface area contributed by atoms with E-state index in [9.17, 15) is 0 Å². The first kappa shape index (κ1) is 9.80. The summed E-state index contributed by atoms with van der Waals surface area (Å²) in [6.45, 7) is 0.704. The molecule has 0 aliphatic carbocycles. The number of rotatable bonds is 4. The highest BCUT2D eigenvalue weighted by molar-refractivity contribution is 6.17. The molecule has 1 heterocycles. The van der Waals surface area contributed by atoms with Gasteiger partial charge in [0.05, 0.1) is 6.54 Å². The van der Waals surface area contributed by atoms with Crippen molar-refractivity contribution in [2.24, 2.45) is 0 Å². The van der Waals surface area contributed by atoms with Crippen LogP contribution in [-0.4, -0.2) is 22.5 Å². The maximum absolute atomic E-state index is 8.55. The number of aromatic nitrogens is 2. The molecule has 0 saturated heterocycles. The van der Waals surface area contributed by atoms with Crippen molar-refractivity contribution in [3.8, 4) is 5.88 Å². The molecule has 0 saturated carbocycles. The van der Waals surface area contributed by atoms with Crippen LogP contribution in [0.3, 0.4) is 0 Å². The summed E-state index contributed by atoms with van der Waals surface area (Å²) >= 11 is 0. The summed E-state index contributed by atoms with van der Waals surface area (Å²) in [5.41, 5.74) is 1.18. The van der Waals surface area contributed by atoms with E-state index in [4.69, 9.17) is 9.68 Å². The van der Waals surface area contributed by atoms with E-state index >= 15 is 0 Å². The number of nitrogens with zero attached hydrogens (tertiary/aromatic N) is 2. The quantitative estimate of drug-likeness (QED) is 0.737. The molecule has 5 heteroatoms. The fourth-order valence-corrected chi connectivity index (χ4v) is 1.34. The van der Waals surface area contributed by atoms with Crippen LogP contribution in [0.4, 0.5) is 0 Å². The number of benzene rings is 1. The van der Waals surface area contributed by atoms with Gasteiger partial charge in [-0.2, -0.15) is 0 Å². The Kier molecular flexibility index (Phi) is 3.04. The zero-order chi connectivity index (χ0) is 10.5. The van der Waals surface area contributed by atoms with Gasteiger partial charge in [0.25, 0.3) is 0 Å². The van der Waals surface area contributed by atoms with Crippen LogP contribution in [0.1, 0.15) is 5.56 Å². The Balaban J connectivity index is 2.05. The molecule has 0 atom stereocenters. The molecule has 0 radical (unpaired) electrons. The molecule has 1 aromatic heterocycles. The Hall–Kier alpha value is -1.75. The lowest BCUT2D eigenvalue weighted by atomic mass is 10.2. The molecule has 1 N–H and O–H groups in total. The van der Waals surface area contributed by atoms with Gasteiger partial charge in [0.15, 0.2) is 0 Å². The van der Waals surface area contributed by atoms with Crippen LogP contribution in [0.15, 0.2) is 42.6 Å². The molecule has 0 bridgehead atoms. The highest BCUT2D eigenvalue weighted by Gasteiger charge is 1.99. The largest absolute Gasteiger partial charge is 0.524 e. The van der Waals surface area contributed by atoms with Crippen molar-refractivity contribution in [1.29, 1.82) is 0 Å². The molecule has 0 unspecified atom stereocenters. The maximum Gasteiger partial charge on any atom is 0.505 e. The molecule has 0 aliphatic rings. The molecule has 4 nitrogen and oxygen atoms in total. The zero-order valence-corrected chi connectivity index (χ0v) is 8.21. The second-order valence-corrected chi connectivity index (χ2v) is 3.11. The van der Waals surface area contributed by atoms with E-state index in [2.05, 4.69) is 5.10 Å². The van der Waals surface area contributed by atoms with Crippen LogP contribution in [0, 0.1) is 0 Å². The van der Waals surface area contributed by atoms with Gasteiger partial charge in [-0.1, -0.05) is 30.3 Å². The average Bonchev–Trinajstić information content (AvgIpc) is 2.68. The molecule has 1 aromatic carbocycles. The van der Waals surface area contributed by atoms with E-state index in [1.165, 1.54) is 5.56 Å². The van der Waals surface area contributed by atoms with Crippen LogP contribution >= 0.6 is 0 Å². The molecule has 76 valence electrons. The second-order valence-electron chi connectivity index (χ2n) is 3.11. The Morgan fingerprint density at radius 2 is 2.07 bits per heavy atom. The monoisotopic (exact) mass is 202 g/mol. The van der Waals surface area contributed by atoms with E-state index in [0.717, 1.165) is 0 Å². The van der Waals surface area contributed by atoms with Gasteiger partial charge >= 0.3 is 7.69 Å². The standard InChI is InChI=1S/C10H11BN2O2/c14-11-15-10-6-7-13(12-10)8-9-4-2-1-3-5-9/h1-7,11,14H,8H2. The van der Waals surface area contributed by atoms with Crippen LogP contribution in [-0.2, 0) is 6.54 Å². The predicted octanol–water partition coefficient (Wildman–Crippen LogP) is 0.569. The zero-order valence-electron chi connectivity index (χ0n) is 8.21. The summed E-state index contributed by atoms with van der Waals surface area (Å²) in [5, 5.41) is 12.7. The molecule has 2 rings (SSSR count). The van der Waals surface area contributed by atoms with Gasteiger partial charge < -0.3 is 9.68 Å². The van der Waals surface area contributed by atoms with Gasteiger partial charge in [0, 0.05) is 12.3 Å². The average molecular weight is 202 g/mol. The lowest BCUT2D eigenvalue weighted by molar-refractivity contribution is 0.436. The van der Waals surface area contributed by atoms with Gasteiger partial charge in [-0.25, -0.2) is 0 Å². The fraction of sp³-hybridized carbons (Fsp3) is 0.100. The lowest BCUT2D eigenvalue weighted by Gasteiger charge is -2.00. The van der Waals surface area contributed by atoms with Crippen molar-refractivity contribution in [3.63, 3.8) is 0 Å². The smallest absolute Gasteiger partial charge is 0.505 e. The molecular formula is C10H11BN2O2. The van der Waals surface area contributed by atoms with Gasteiger partial charge in [0.2, 0.25) is 5.88 Å². The third kappa shape index (κ3) is 2.60. The third-order valence-corrected chi connectivity index (χ3v) is 2.02. The fourth-order valence-electron chi connectivity index (χ4n) is 1.34. The van der Waals surface area contributed by atoms with E-state index in [1.54, 1.807) is 10.7 Å². The minimum Gasteiger partial charge on any atom is -0.524 e. The first-order valence-corrected chi connectivity index (χ1v) is 4.69. The Labute approximate surface area is 88.4 Å². The predicted molar refractivity (Wildman–Crippen MR) is 57.8 cm³/mol. The highest BCUT2D eigenvalue weighted by Crippen LogP contribution is 2.07. The third-order valence-electron chi connectivity index (χ3n) is 2.02. The van der Waals surface area contributed by atoms with Crippen molar-refractivity contribution in [3.05, 3.63) is 48.2 Å². The van der Waals surface area contributed by atoms with Crippen molar-refractivity contribution in [2.75, 3.05) is 0 Å². The summed E-state index contributed by atoms with van der Waals surface area (Å²) in [7, 11) is -0.345. The molecule has 0 amide bonds. The number of hydrogen-bond donors (Lipinski definition) is 1. The Morgan fingerprint density at radius 1 is 1.27 bits per heavy atom. The maximum atomic E-state index is 8.55. The first-order valence-electron chi connectivity index (χ1n) is 4.69. The van der Waals surface area contributed by atoms with Crippen LogP contribution in [0.25, 0.3) is 0 Å². The van der Waals surface area contributed by atoms with Gasteiger partial charge in [0.1, 0.15) is 0 Å². The summed E-state index contributed by atoms with van der Waals surface area (Å²) < 4.78 is 6.61. The van der Waals surface area contributed by atoms with Crippen molar-refractivity contribution in [1.82, 2.24) is 9.78 Å². The molecule has 0 spiro atoms. The van der Waals surface area contributed by atoms with E-state index in [0.29, 0.717) is 12.4 Å². The van der Waals surface area contributed by atoms with Crippen molar-refractivity contribution >= 4 is 7.69 Å². The molecule has 0 fully saturated rings. The molecule has 0 aliphatic heterocycles. The molecule has 15 heavy (non-hydrogen) atoms. The normalized spacial score (nSPS) is 9.93. The van der Waals surface area contributed by atoms with Gasteiger partial charge in [-0.05, 0) is 5.56 Å². The van der Waals surface area contributed by atoms with Crippen molar-refractivity contribution in [2.45, 2.75) is 6.54 Å². The van der Waals surface area contributed by atoms with Crippen LogP contribution in [0.2, 0.25) is 0 Å². The molecule has 2 aromatic rings. The minimum atomic E-state index is -0.345. The van der Waals surface area contributed by atoms with Crippen molar-refractivity contribution < 1.29 is 9.68 Å². The summed E-state index contributed by atoms with van der Waals surface area (Å²) in [4.78, 5) is 0. The van der Waals surface area contributed by atoms with E-state index in [1.807, 2.05) is 36.5 Å². The lowest BCUT2D eigenvalue weighted by Crippen LogP contribution is -2.03. The summed E-state index contributed by atoms with van der Waals surface area (Å²) in [6.07, 6.45) is 1.82. The second kappa shape index (κ2) is 4.66. The van der Waals surface area contributed by atoms with E-state index in [-0.39, 0.29) is 7.69 Å². The summed E-state index contributed by atoms with van der Waals surface area (Å²) in [5.74, 6) is 0.438. The first-order chi connectivity index (χ1) is 7.38. The SMILES string of the molecule is OBOc1ccn(Cc2ccccc2)n1. The number of hydrogen-bond acceptors (Lipinski definition) is 3. The minimum absolute atomic E-state index is 0.345. The van der Waals surface area contributed by atoms with Gasteiger partial charge in [-0.3, -0.25) is 4.68 Å². The van der Waals surface area contributed by atoms with E-state index < -0.39 is 0 Å². The Morgan fingerprint density at radius 3 is 2.80 bits per heavy atom. The summed E-state index contributed by atoms with van der Waals surface area (Å²) in [6, 6.07) is 11.8. The van der Waals surface area contributed by atoms with Crippen LogP contribution in [0.5, 0.6) is 5.88 Å².